The van der Waals surface area contributed by atoms with Gasteiger partial charge < -0.3 is 20.2 Å². The van der Waals surface area contributed by atoms with Crippen molar-refractivity contribution < 1.29 is 14.7 Å². The number of hydrogen-bond donors (Lipinski definition) is 4. The van der Waals surface area contributed by atoms with Crippen LogP contribution in [-0.4, -0.2) is 83.2 Å². The van der Waals surface area contributed by atoms with Gasteiger partial charge in [-0.1, -0.05) is 26.2 Å². The summed E-state index contributed by atoms with van der Waals surface area (Å²) in [5, 5.41) is 13.4. The van der Waals surface area contributed by atoms with Crippen LogP contribution in [0.5, 0.6) is 0 Å². The SMILES string of the molecule is CCC1CCCC2NC(C(=O)N3CCC4NNC(C(=O)N(C)C5(CO)CC5)C4C3)CC12. The van der Waals surface area contributed by atoms with Gasteiger partial charge in [-0.25, -0.2) is 5.43 Å². The predicted octanol–water partition coefficient (Wildman–Crippen LogP) is 0.220. The van der Waals surface area contributed by atoms with Gasteiger partial charge in [0, 0.05) is 38.1 Å². The van der Waals surface area contributed by atoms with Gasteiger partial charge in [-0.15, -0.1) is 0 Å². The van der Waals surface area contributed by atoms with Crippen molar-refractivity contribution in [1.29, 1.82) is 0 Å². The van der Waals surface area contributed by atoms with Gasteiger partial charge in [0.05, 0.1) is 18.2 Å². The van der Waals surface area contributed by atoms with Crippen molar-refractivity contribution in [3.8, 4) is 0 Å². The molecule has 4 N–H and O–H groups in total. The summed E-state index contributed by atoms with van der Waals surface area (Å²) in [7, 11) is 1.81. The van der Waals surface area contributed by atoms with Crippen LogP contribution in [0.4, 0.5) is 0 Å². The van der Waals surface area contributed by atoms with Crippen LogP contribution in [0.15, 0.2) is 0 Å². The molecule has 2 amide bonds. The minimum atomic E-state index is -0.374. The Kier molecular flexibility index (Phi) is 5.78. The molecule has 3 aliphatic heterocycles. The van der Waals surface area contributed by atoms with Crippen LogP contribution in [0.3, 0.4) is 0 Å². The highest BCUT2D eigenvalue weighted by Crippen LogP contribution is 2.42. The van der Waals surface area contributed by atoms with E-state index in [4.69, 9.17) is 0 Å². The van der Waals surface area contributed by atoms with Crippen LogP contribution in [0, 0.1) is 17.8 Å². The van der Waals surface area contributed by atoms with Crippen molar-refractivity contribution in [3.63, 3.8) is 0 Å². The quantitative estimate of drug-likeness (QED) is 0.495. The smallest absolute Gasteiger partial charge is 0.241 e. The molecule has 3 heterocycles. The maximum absolute atomic E-state index is 13.4. The van der Waals surface area contributed by atoms with Crippen molar-refractivity contribution in [2.24, 2.45) is 17.8 Å². The fourth-order valence-electron chi connectivity index (χ4n) is 6.85. The number of piperidine rings is 1. The average Bonchev–Trinajstić information content (AvgIpc) is 3.29. The Hall–Kier alpha value is -1.22. The minimum Gasteiger partial charge on any atom is -0.394 e. The number of rotatable bonds is 5. The number of carbonyl (C=O) groups excluding carboxylic acids is 2. The minimum absolute atomic E-state index is 0.0164. The summed E-state index contributed by atoms with van der Waals surface area (Å²) in [4.78, 5) is 30.4. The summed E-state index contributed by atoms with van der Waals surface area (Å²) in [6.07, 6.45) is 8.52. The Labute approximate surface area is 185 Å². The van der Waals surface area contributed by atoms with Gasteiger partial charge in [0.15, 0.2) is 0 Å². The Morgan fingerprint density at radius 1 is 1.13 bits per heavy atom. The number of carbonyl (C=O) groups is 2. The summed E-state index contributed by atoms with van der Waals surface area (Å²) in [5.74, 6) is 1.70. The molecular formula is C23H39N5O3. The summed E-state index contributed by atoms with van der Waals surface area (Å²) in [5.41, 5.74) is 6.14. The highest BCUT2D eigenvalue weighted by molar-refractivity contribution is 5.85. The van der Waals surface area contributed by atoms with E-state index >= 15 is 0 Å². The molecule has 2 saturated carbocycles. The zero-order valence-electron chi connectivity index (χ0n) is 19.0. The maximum atomic E-state index is 13.4. The van der Waals surface area contributed by atoms with Crippen LogP contribution in [0.2, 0.25) is 0 Å². The molecule has 0 aromatic carbocycles. The lowest BCUT2D eigenvalue weighted by atomic mass is 9.75. The molecule has 8 nitrogen and oxygen atoms in total. The second kappa shape index (κ2) is 8.28. The van der Waals surface area contributed by atoms with Crippen LogP contribution in [0.1, 0.15) is 58.3 Å². The number of amides is 2. The van der Waals surface area contributed by atoms with E-state index in [9.17, 15) is 14.7 Å². The second-order valence-corrected chi connectivity index (χ2v) is 10.7. The molecule has 7 atom stereocenters. The fourth-order valence-corrected chi connectivity index (χ4v) is 6.85. The Balaban J connectivity index is 1.23. The van der Waals surface area contributed by atoms with Crippen LogP contribution in [-0.2, 0) is 9.59 Å². The molecule has 3 saturated heterocycles. The number of likely N-dealkylation sites (tertiary alicyclic amines) is 1. The van der Waals surface area contributed by atoms with Crippen molar-refractivity contribution in [1.82, 2.24) is 26.0 Å². The van der Waals surface area contributed by atoms with Crippen molar-refractivity contribution >= 4 is 11.8 Å². The highest BCUT2D eigenvalue weighted by atomic mass is 16.3. The summed E-state index contributed by atoms with van der Waals surface area (Å²) < 4.78 is 0. The lowest BCUT2D eigenvalue weighted by Crippen LogP contribution is -2.56. The lowest BCUT2D eigenvalue weighted by molar-refractivity contribution is -0.140. The Bertz CT molecular complexity index is 713. The predicted molar refractivity (Wildman–Crippen MR) is 117 cm³/mol. The monoisotopic (exact) mass is 433 g/mol. The molecule has 2 aliphatic carbocycles. The molecule has 0 radical (unpaired) electrons. The number of hydrazine groups is 1. The largest absolute Gasteiger partial charge is 0.394 e. The molecule has 5 rings (SSSR count). The molecular weight excluding hydrogens is 394 g/mol. The third-order valence-electron chi connectivity index (χ3n) is 9.21. The zero-order chi connectivity index (χ0) is 21.8. The van der Waals surface area contributed by atoms with Crippen molar-refractivity contribution in [2.45, 2.75) is 88.0 Å². The summed E-state index contributed by atoms with van der Waals surface area (Å²) in [6, 6.07) is 0.288. The number of nitrogens with zero attached hydrogens (tertiary/aromatic N) is 2. The van der Waals surface area contributed by atoms with E-state index in [1.807, 2.05) is 4.90 Å². The van der Waals surface area contributed by atoms with E-state index in [1.165, 1.54) is 25.7 Å². The van der Waals surface area contributed by atoms with Crippen LogP contribution >= 0.6 is 0 Å². The van der Waals surface area contributed by atoms with Gasteiger partial charge in [-0.2, -0.15) is 0 Å². The zero-order valence-corrected chi connectivity index (χ0v) is 19.0. The maximum Gasteiger partial charge on any atom is 0.241 e. The molecule has 5 aliphatic rings. The van der Waals surface area contributed by atoms with E-state index < -0.39 is 0 Å². The van der Waals surface area contributed by atoms with Crippen molar-refractivity contribution in [3.05, 3.63) is 0 Å². The fraction of sp³-hybridized carbons (Fsp3) is 0.913. The first-order valence-corrected chi connectivity index (χ1v) is 12.4. The third-order valence-corrected chi connectivity index (χ3v) is 9.21. The van der Waals surface area contributed by atoms with Gasteiger partial charge in [0.1, 0.15) is 6.04 Å². The molecule has 8 heteroatoms. The highest BCUT2D eigenvalue weighted by Gasteiger charge is 2.53. The van der Waals surface area contributed by atoms with Crippen LogP contribution in [0.25, 0.3) is 0 Å². The average molecular weight is 434 g/mol. The first-order chi connectivity index (χ1) is 15.0. The van der Waals surface area contributed by atoms with Gasteiger partial charge in [-0.05, 0) is 43.9 Å². The first kappa shape index (κ1) is 21.6. The van der Waals surface area contributed by atoms with Gasteiger partial charge in [-0.3, -0.25) is 15.0 Å². The van der Waals surface area contributed by atoms with E-state index in [0.29, 0.717) is 18.5 Å². The van der Waals surface area contributed by atoms with Gasteiger partial charge in [0.25, 0.3) is 0 Å². The third kappa shape index (κ3) is 3.69. The molecule has 174 valence electrons. The van der Waals surface area contributed by atoms with E-state index in [-0.39, 0.29) is 48.0 Å². The molecule has 7 unspecified atom stereocenters. The number of aliphatic hydroxyl groups excluding tert-OH is 1. The molecule has 0 aromatic rings. The lowest BCUT2D eigenvalue weighted by Gasteiger charge is -2.38. The molecule has 0 bridgehead atoms. The van der Waals surface area contributed by atoms with E-state index in [2.05, 4.69) is 23.1 Å². The second-order valence-electron chi connectivity index (χ2n) is 10.7. The first-order valence-electron chi connectivity index (χ1n) is 12.4. The summed E-state index contributed by atoms with van der Waals surface area (Å²) >= 11 is 0. The van der Waals surface area contributed by atoms with E-state index in [1.54, 1.807) is 11.9 Å². The Morgan fingerprint density at radius 2 is 1.94 bits per heavy atom. The Morgan fingerprint density at radius 3 is 2.65 bits per heavy atom. The van der Waals surface area contributed by atoms with Crippen molar-refractivity contribution in [2.75, 3.05) is 26.7 Å². The molecule has 0 aromatic heterocycles. The number of nitrogens with one attached hydrogen (secondary N) is 3. The van der Waals surface area contributed by atoms with Crippen LogP contribution < -0.4 is 16.2 Å². The number of likely N-dealkylation sites (N-methyl/N-ethyl adjacent to an activating group) is 1. The summed E-state index contributed by atoms with van der Waals surface area (Å²) in [6.45, 7) is 3.66. The normalized spacial score (nSPS) is 40.9. The van der Waals surface area contributed by atoms with E-state index in [0.717, 1.165) is 38.1 Å². The van der Waals surface area contributed by atoms with Gasteiger partial charge in [0.2, 0.25) is 11.8 Å². The number of fused-ring (bicyclic) bond motifs is 2. The van der Waals surface area contributed by atoms with Gasteiger partial charge >= 0.3 is 0 Å². The number of hydrogen-bond acceptors (Lipinski definition) is 6. The molecule has 5 fully saturated rings. The number of aliphatic hydroxyl groups is 1. The molecule has 0 spiro atoms. The topological polar surface area (TPSA) is 96.9 Å². The standard InChI is InChI=1S/C23H39N5O3/c1-3-14-5-4-6-17-15(14)11-19(24-17)21(30)28-10-7-18-16(12-28)20(26-25-18)22(31)27(2)23(13-29)8-9-23/h14-20,24-26,29H,3-13H2,1-2H3. The molecule has 31 heavy (non-hydrogen) atoms.